The summed E-state index contributed by atoms with van der Waals surface area (Å²) in [6, 6.07) is 0. The van der Waals surface area contributed by atoms with Crippen molar-refractivity contribution in [2.24, 2.45) is 0 Å². The molecule has 0 aromatic carbocycles. The summed E-state index contributed by atoms with van der Waals surface area (Å²) in [5, 5.41) is 5.68. The van der Waals surface area contributed by atoms with Gasteiger partial charge in [-0.2, -0.15) is 0 Å². The Hall–Kier alpha value is -2.05. The van der Waals surface area contributed by atoms with Crippen LogP contribution < -0.4 is 21.1 Å². The predicted octanol–water partition coefficient (Wildman–Crippen LogP) is 0.00550. The number of nitrogens with zero attached hydrogens (tertiary/aromatic N) is 2. The third kappa shape index (κ3) is 3.78. The van der Waals surface area contributed by atoms with Gasteiger partial charge in [0.15, 0.2) is 11.6 Å². The van der Waals surface area contributed by atoms with Crippen molar-refractivity contribution >= 4 is 17.5 Å². The summed E-state index contributed by atoms with van der Waals surface area (Å²) in [4.78, 5) is 19.0. The summed E-state index contributed by atoms with van der Waals surface area (Å²) >= 11 is 0. The molecule has 0 aliphatic heterocycles. The Kier molecular flexibility index (Phi) is 4.99. The minimum Gasteiger partial charge on any atom is -0.490 e. The van der Waals surface area contributed by atoms with Gasteiger partial charge in [0.05, 0.1) is 7.11 Å². The Balaban J connectivity index is 2.52. The lowest BCUT2D eigenvalue weighted by Crippen LogP contribution is -2.25. The fourth-order valence-electron chi connectivity index (χ4n) is 1.29. The van der Waals surface area contributed by atoms with Crippen LogP contribution >= 0.6 is 0 Å². The Morgan fingerprint density at radius 1 is 1.53 bits per heavy atom. The summed E-state index contributed by atoms with van der Waals surface area (Å²) in [7, 11) is 1.49. The van der Waals surface area contributed by atoms with E-state index in [2.05, 4.69) is 20.6 Å². The van der Waals surface area contributed by atoms with Crippen LogP contribution in [0.2, 0.25) is 0 Å². The molecule has 0 aliphatic rings. The van der Waals surface area contributed by atoms with Crippen molar-refractivity contribution < 1.29 is 9.53 Å². The van der Waals surface area contributed by atoms with Crippen LogP contribution in [0.3, 0.4) is 0 Å². The average molecular weight is 239 g/mol. The van der Waals surface area contributed by atoms with Gasteiger partial charge in [-0.3, -0.25) is 4.79 Å². The molecule has 1 aromatic heterocycles. The number of carbonyl (C=O) groups is 1. The van der Waals surface area contributed by atoms with Gasteiger partial charge < -0.3 is 21.1 Å². The molecular formula is C10H17N5O2. The lowest BCUT2D eigenvalue weighted by atomic mass is 10.4. The van der Waals surface area contributed by atoms with E-state index in [0.29, 0.717) is 31.1 Å². The molecule has 0 spiro atoms. The van der Waals surface area contributed by atoms with E-state index in [0.717, 1.165) is 0 Å². The van der Waals surface area contributed by atoms with E-state index < -0.39 is 0 Å². The van der Waals surface area contributed by atoms with Crippen LogP contribution in [0.15, 0.2) is 6.33 Å². The average Bonchev–Trinajstić information content (AvgIpc) is 2.29. The van der Waals surface area contributed by atoms with E-state index in [1.165, 1.54) is 13.4 Å². The first-order valence-corrected chi connectivity index (χ1v) is 5.34. The quantitative estimate of drug-likeness (QED) is 0.646. The highest BCUT2D eigenvalue weighted by Crippen LogP contribution is 2.25. The van der Waals surface area contributed by atoms with Crippen LogP contribution in [0.4, 0.5) is 11.6 Å². The number of methoxy groups -OCH3 is 1. The van der Waals surface area contributed by atoms with Gasteiger partial charge in [-0.25, -0.2) is 9.97 Å². The molecule has 0 fully saturated rings. The maximum atomic E-state index is 11.2. The normalized spacial score (nSPS) is 9.76. The zero-order valence-electron chi connectivity index (χ0n) is 9.99. The maximum Gasteiger partial charge on any atom is 0.221 e. The monoisotopic (exact) mass is 239 g/mol. The number of hydrogen-bond acceptors (Lipinski definition) is 6. The number of amides is 1. The fourth-order valence-corrected chi connectivity index (χ4v) is 1.29. The number of nitrogen functional groups attached to an aromatic ring is 1. The summed E-state index contributed by atoms with van der Waals surface area (Å²) in [5.74, 6) is 1.14. The molecule has 1 rings (SSSR count). The van der Waals surface area contributed by atoms with E-state index in [1.807, 2.05) is 6.92 Å². The van der Waals surface area contributed by atoms with Crippen LogP contribution in [0.1, 0.15) is 13.3 Å². The predicted molar refractivity (Wildman–Crippen MR) is 64.8 cm³/mol. The zero-order valence-corrected chi connectivity index (χ0v) is 9.99. The number of carbonyl (C=O) groups excluding carboxylic acids is 1. The molecule has 0 bridgehead atoms. The first-order valence-electron chi connectivity index (χ1n) is 5.34. The Bertz CT molecular complexity index is 383. The van der Waals surface area contributed by atoms with Crippen molar-refractivity contribution in [2.75, 3.05) is 31.2 Å². The Labute approximate surface area is 99.8 Å². The number of nitrogens with one attached hydrogen (secondary N) is 2. The van der Waals surface area contributed by atoms with Gasteiger partial charge in [0.25, 0.3) is 0 Å². The topological polar surface area (TPSA) is 102 Å². The third-order valence-electron chi connectivity index (χ3n) is 2.05. The van der Waals surface area contributed by atoms with Gasteiger partial charge in [-0.05, 0) is 6.92 Å². The molecule has 94 valence electrons. The molecule has 7 nitrogen and oxygen atoms in total. The van der Waals surface area contributed by atoms with Crippen molar-refractivity contribution in [3.63, 3.8) is 0 Å². The van der Waals surface area contributed by atoms with Crippen molar-refractivity contribution in [1.29, 1.82) is 0 Å². The first-order chi connectivity index (χ1) is 8.19. The van der Waals surface area contributed by atoms with Gasteiger partial charge in [0.1, 0.15) is 6.33 Å². The SMILES string of the molecule is CCNC(=O)CCNc1ncnc(N)c1OC. The van der Waals surface area contributed by atoms with Crippen molar-refractivity contribution in [2.45, 2.75) is 13.3 Å². The van der Waals surface area contributed by atoms with Crippen LogP contribution in [-0.2, 0) is 4.79 Å². The minimum atomic E-state index is -0.0130. The largest absolute Gasteiger partial charge is 0.490 e. The van der Waals surface area contributed by atoms with Gasteiger partial charge in [-0.15, -0.1) is 0 Å². The van der Waals surface area contributed by atoms with E-state index >= 15 is 0 Å². The van der Waals surface area contributed by atoms with Gasteiger partial charge in [-0.1, -0.05) is 0 Å². The second-order valence-corrected chi connectivity index (χ2v) is 3.27. The number of aromatic nitrogens is 2. The summed E-state index contributed by atoms with van der Waals surface area (Å²) in [6.07, 6.45) is 1.70. The molecule has 1 amide bonds. The highest BCUT2D eigenvalue weighted by atomic mass is 16.5. The third-order valence-corrected chi connectivity index (χ3v) is 2.05. The molecule has 0 unspecified atom stereocenters. The highest BCUT2D eigenvalue weighted by Gasteiger charge is 2.09. The smallest absolute Gasteiger partial charge is 0.221 e. The Morgan fingerprint density at radius 2 is 2.29 bits per heavy atom. The molecule has 7 heteroatoms. The van der Waals surface area contributed by atoms with Gasteiger partial charge in [0, 0.05) is 19.5 Å². The number of anilines is 2. The summed E-state index contributed by atoms with van der Waals surface area (Å²) in [6.45, 7) is 2.96. The molecule has 1 aromatic rings. The molecule has 0 atom stereocenters. The molecule has 17 heavy (non-hydrogen) atoms. The van der Waals surface area contributed by atoms with Crippen LogP contribution in [-0.4, -0.2) is 36.1 Å². The number of ether oxygens (including phenoxy) is 1. The summed E-state index contributed by atoms with van der Waals surface area (Å²) < 4.78 is 5.07. The second-order valence-electron chi connectivity index (χ2n) is 3.27. The molecule has 0 aliphatic carbocycles. The molecule has 0 saturated heterocycles. The highest BCUT2D eigenvalue weighted by molar-refractivity contribution is 5.76. The minimum absolute atomic E-state index is 0.0130. The summed E-state index contributed by atoms with van der Waals surface area (Å²) in [5.41, 5.74) is 5.62. The Morgan fingerprint density at radius 3 is 2.94 bits per heavy atom. The number of nitrogens with two attached hydrogens (primary N) is 1. The lowest BCUT2D eigenvalue weighted by Gasteiger charge is -2.10. The van der Waals surface area contributed by atoms with Gasteiger partial charge in [0.2, 0.25) is 11.7 Å². The zero-order chi connectivity index (χ0) is 12.7. The first kappa shape index (κ1) is 13.0. The van der Waals surface area contributed by atoms with E-state index in [9.17, 15) is 4.79 Å². The van der Waals surface area contributed by atoms with E-state index in [4.69, 9.17) is 10.5 Å². The van der Waals surface area contributed by atoms with E-state index in [-0.39, 0.29) is 11.7 Å². The fraction of sp³-hybridized carbons (Fsp3) is 0.500. The standard InChI is InChI=1S/C10H17N5O2/c1-3-12-7(16)4-5-13-10-8(17-2)9(11)14-6-15-10/h6H,3-5H2,1-2H3,(H,12,16)(H3,11,13,14,15). The van der Waals surface area contributed by atoms with Crippen LogP contribution in [0, 0.1) is 0 Å². The molecule has 0 radical (unpaired) electrons. The van der Waals surface area contributed by atoms with Gasteiger partial charge >= 0.3 is 0 Å². The van der Waals surface area contributed by atoms with Crippen LogP contribution in [0.5, 0.6) is 5.75 Å². The van der Waals surface area contributed by atoms with Crippen molar-refractivity contribution in [1.82, 2.24) is 15.3 Å². The molecular weight excluding hydrogens is 222 g/mol. The van der Waals surface area contributed by atoms with Crippen molar-refractivity contribution in [3.8, 4) is 5.75 Å². The number of hydrogen-bond donors (Lipinski definition) is 3. The molecule has 4 N–H and O–H groups in total. The maximum absolute atomic E-state index is 11.2. The molecule has 0 saturated carbocycles. The molecule has 1 heterocycles. The van der Waals surface area contributed by atoms with E-state index in [1.54, 1.807) is 0 Å². The second kappa shape index (κ2) is 6.51. The number of rotatable bonds is 6. The van der Waals surface area contributed by atoms with Crippen molar-refractivity contribution in [3.05, 3.63) is 6.33 Å². The lowest BCUT2D eigenvalue weighted by molar-refractivity contribution is -0.120. The van der Waals surface area contributed by atoms with Crippen LogP contribution in [0.25, 0.3) is 0 Å².